The third kappa shape index (κ3) is 5.04. The Morgan fingerprint density at radius 1 is 1.07 bits per heavy atom. The summed E-state index contributed by atoms with van der Waals surface area (Å²) in [6.07, 6.45) is -2.02. The first-order valence-corrected chi connectivity index (χ1v) is 8.70. The van der Waals surface area contributed by atoms with Gasteiger partial charge in [0, 0.05) is 17.3 Å². The van der Waals surface area contributed by atoms with Gasteiger partial charge in [0.1, 0.15) is 0 Å². The Labute approximate surface area is 165 Å². The van der Waals surface area contributed by atoms with E-state index >= 15 is 0 Å². The first-order chi connectivity index (χ1) is 13.7. The number of amides is 1. The Morgan fingerprint density at radius 3 is 2.41 bits per heavy atom. The van der Waals surface area contributed by atoms with E-state index in [1.165, 1.54) is 24.3 Å². The van der Waals surface area contributed by atoms with Crippen LogP contribution in [0.4, 0.5) is 18.9 Å². The molecule has 0 bridgehead atoms. The molecule has 0 spiro atoms. The predicted octanol–water partition coefficient (Wildman–Crippen LogP) is 5.04. The molecule has 0 unspecified atom stereocenters. The van der Waals surface area contributed by atoms with Gasteiger partial charge in [-0.1, -0.05) is 30.3 Å². The molecule has 0 aliphatic heterocycles. The molecule has 8 heteroatoms. The number of rotatable bonds is 5. The zero-order valence-corrected chi connectivity index (χ0v) is 15.7. The van der Waals surface area contributed by atoms with Gasteiger partial charge in [0.2, 0.25) is 5.91 Å². The average molecular weight is 401 g/mol. The lowest BCUT2D eigenvalue weighted by molar-refractivity contribution is -0.274. The van der Waals surface area contributed by atoms with E-state index in [2.05, 4.69) is 15.2 Å². The second-order valence-electron chi connectivity index (χ2n) is 6.20. The molecule has 3 aromatic rings. The van der Waals surface area contributed by atoms with E-state index in [-0.39, 0.29) is 5.69 Å². The fourth-order valence-electron chi connectivity index (χ4n) is 2.83. The van der Waals surface area contributed by atoms with Crippen molar-refractivity contribution in [2.45, 2.75) is 20.2 Å². The van der Waals surface area contributed by atoms with Crippen molar-refractivity contribution >= 4 is 17.7 Å². The van der Waals surface area contributed by atoms with Gasteiger partial charge in [-0.05, 0) is 44.2 Å². The van der Waals surface area contributed by atoms with E-state index < -0.39 is 18.0 Å². The molecular weight excluding hydrogens is 383 g/mol. The number of aryl methyl sites for hydroxylation is 1. The van der Waals surface area contributed by atoms with E-state index in [1.54, 1.807) is 10.8 Å². The number of nitrogens with zero attached hydrogens (tertiary/aromatic N) is 2. The normalized spacial score (nSPS) is 11.6. The fraction of sp³-hybridized carbons (Fsp3) is 0.143. The number of benzene rings is 2. The Kier molecular flexibility index (Phi) is 5.72. The maximum absolute atomic E-state index is 12.5. The van der Waals surface area contributed by atoms with Crippen molar-refractivity contribution in [3.05, 3.63) is 77.6 Å². The molecule has 0 saturated heterocycles. The summed E-state index contributed by atoms with van der Waals surface area (Å²) < 4.78 is 43.2. The summed E-state index contributed by atoms with van der Waals surface area (Å²) in [5, 5.41) is 6.89. The Bertz CT molecular complexity index is 1040. The van der Waals surface area contributed by atoms with Crippen molar-refractivity contribution < 1.29 is 22.7 Å². The summed E-state index contributed by atoms with van der Waals surface area (Å²) in [6, 6.07) is 14.9. The minimum atomic E-state index is -4.85. The lowest BCUT2D eigenvalue weighted by atomic mass is 10.2. The van der Waals surface area contributed by atoms with Crippen LogP contribution in [-0.2, 0) is 4.79 Å². The highest BCUT2D eigenvalue weighted by Crippen LogP contribution is 2.30. The lowest BCUT2D eigenvalue weighted by Gasteiger charge is -2.13. The number of alkyl halides is 3. The topological polar surface area (TPSA) is 56.2 Å². The summed E-state index contributed by atoms with van der Waals surface area (Å²) in [6.45, 7) is 3.69. The summed E-state index contributed by atoms with van der Waals surface area (Å²) in [4.78, 5) is 12.2. The van der Waals surface area contributed by atoms with Crippen LogP contribution in [0, 0.1) is 13.8 Å². The summed E-state index contributed by atoms with van der Waals surface area (Å²) in [5.74, 6) is -1.07. The molecule has 0 atom stereocenters. The zero-order chi connectivity index (χ0) is 21.0. The van der Waals surface area contributed by atoms with Gasteiger partial charge in [0.05, 0.1) is 17.1 Å². The maximum atomic E-state index is 12.5. The largest absolute Gasteiger partial charge is 0.573 e. The molecular formula is C21H18F3N3O2. The van der Waals surface area contributed by atoms with Crippen LogP contribution < -0.4 is 10.1 Å². The smallest absolute Gasteiger partial charge is 0.404 e. The molecule has 0 fully saturated rings. The van der Waals surface area contributed by atoms with Crippen molar-refractivity contribution in [1.82, 2.24) is 9.78 Å². The maximum Gasteiger partial charge on any atom is 0.573 e. The van der Waals surface area contributed by atoms with Crippen LogP contribution in [0.3, 0.4) is 0 Å². The molecule has 150 valence electrons. The summed E-state index contributed by atoms with van der Waals surface area (Å²) >= 11 is 0. The molecule has 1 N–H and O–H groups in total. The molecule has 0 saturated carbocycles. The Morgan fingerprint density at radius 2 is 1.72 bits per heavy atom. The molecule has 1 amide bonds. The molecule has 0 aliphatic rings. The van der Waals surface area contributed by atoms with Gasteiger partial charge in [-0.3, -0.25) is 4.79 Å². The van der Waals surface area contributed by atoms with Crippen LogP contribution in [0.1, 0.15) is 17.0 Å². The fourth-order valence-corrected chi connectivity index (χ4v) is 2.83. The van der Waals surface area contributed by atoms with Crippen LogP contribution >= 0.6 is 0 Å². The zero-order valence-electron chi connectivity index (χ0n) is 15.7. The molecule has 29 heavy (non-hydrogen) atoms. The number of halogens is 3. The van der Waals surface area contributed by atoms with Gasteiger partial charge in [0.25, 0.3) is 0 Å². The molecule has 5 nitrogen and oxygen atoms in total. The van der Waals surface area contributed by atoms with Crippen molar-refractivity contribution in [3.8, 4) is 11.4 Å². The number of carbonyl (C=O) groups is 1. The molecule has 0 radical (unpaired) electrons. The number of carbonyl (C=O) groups excluding carboxylic acids is 1. The van der Waals surface area contributed by atoms with E-state index in [9.17, 15) is 18.0 Å². The number of nitrogens with one attached hydrogen (secondary N) is 1. The highest BCUT2D eigenvalue weighted by Gasteiger charge is 2.32. The van der Waals surface area contributed by atoms with Crippen LogP contribution in [0.5, 0.6) is 5.75 Å². The highest BCUT2D eigenvalue weighted by molar-refractivity contribution is 6.02. The SMILES string of the molecule is Cc1nn(-c2ccccc2)c(C)c1/C=C/C(=O)Nc1ccccc1OC(F)(F)F. The number of hydrogen-bond acceptors (Lipinski definition) is 3. The van der Waals surface area contributed by atoms with Gasteiger partial charge in [-0.25, -0.2) is 4.68 Å². The minimum Gasteiger partial charge on any atom is -0.404 e. The summed E-state index contributed by atoms with van der Waals surface area (Å²) in [7, 11) is 0. The standard InChI is InChI=1S/C21H18F3N3O2/c1-14-17(15(2)27(26-14)16-8-4-3-5-9-16)12-13-20(28)25-18-10-6-7-11-19(18)29-21(22,23)24/h3-13H,1-2H3,(H,25,28)/b13-12+. The van der Waals surface area contributed by atoms with Gasteiger partial charge >= 0.3 is 6.36 Å². The molecule has 1 aromatic heterocycles. The van der Waals surface area contributed by atoms with Gasteiger partial charge < -0.3 is 10.1 Å². The van der Waals surface area contributed by atoms with Crippen LogP contribution in [0.2, 0.25) is 0 Å². The highest BCUT2D eigenvalue weighted by atomic mass is 19.4. The quantitative estimate of drug-likeness (QED) is 0.610. The molecule has 3 rings (SSSR count). The minimum absolute atomic E-state index is 0.0760. The molecule has 1 heterocycles. The van der Waals surface area contributed by atoms with Crippen molar-refractivity contribution in [2.75, 3.05) is 5.32 Å². The van der Waals surface area contributed by atoms with Gasteiger partial charge in [-0.15, -0.1) is 13.2 Å². The number of aromatic nitrogens is 2. The molecule has 2 aromatic carbocycles. The van der Waals surface area contributed by atoms with Gasteiger partial charge in [0.15, 0.2) is 5.75 Å². The number of hydrogen-bond donors (Lipinski definition) is 1. The second kappa shape index (κ2) is 8.22. The van der Waals surface area contributed by atoms with Crippen molar-refractivity contribution in [1.29, 1.82) is 0 Å². The third-order valence-electron chi connectivity index (χ3n) is 4.12. The molecule has 0 aliphatic carbocycles. The van der Waals surface area contributed by atoms with Crippen molar-refractivity contribution in [3.63, 3.8) is 0 Å². The van der Waals surface area contributed by atoms with E-state index in [0.717, 1.165) is 28.7 Å². The monoisotopic (exact) mass is 401 g/mol. The second-order valence-corrected chi connectivity index (χ2v) is 6.20. The average Bonchev–Trinajstić information content (AvgIpc) is 2.95. The van der Waals surface area contributed by atoms with E-state index in [1.807, 2.05) is 44.2 Å². The van der Waals surface area contributed by atoms with E-state index in [4.69, 9.17) is 0 Å². The summed E-state index contributed by atoms with van der Waals surface area (Å²) in [5.41, 5.74) is 3.11. The number of anilines is 1. The van der Waals surface area contributed by atoms with Gasteiger partial charge in [-0.2, -0.15) is 5.10 Å². The van der Waals surface area contributed by atoms with Crippen LogP contribution in [0.25, 0.3) is 11.8 Å². The number of para-hydroxylation sites is 3. The van der Waals surface area contributed by atoms with Crippen LogP contribution in [-0.4, -0.2) is 22.1 Å². The predicted molar refractivity (Wildman–Crippen MR) is 104 cm³/mol. The Hall–Kier alpha value is -3.55. The van der Waals surface area contributed by atoms with Crippen molar-refractivity contribution in [2.24, 2.45) is 0 Å². The van der Waals surface area contributed by atoms with E-state index in [0.29, 0.717) is 0 Å². The number of ether oxygens (including phenoxy) is 1. The first kappa shape index (κ1) is 20.2. The Balaban J connectivity index is 1.78. The van der Waals surface area contributed by atoms with Crippen LogP contribution in [0.15, 0.2) is 60.7 Å². The third-order valence-corrected chi connectivity index (χ3v) is 4.12. The first-order valence-electron chi connectivity index (χ1n) is 8.70. The lowest BCUT2D eigenvalue weighted by Crippen LogP contribution is -2.19.